The lowest BCUT2D eigenvalue weighted by Gasteiger charge is -2.07. The summed E-state index contributed by atoms with van der Waals surface area (Å²) in [6.45, 7) is 1.39. The maximum atomic E-state index is 11.6. The van der Waals surface area contributed by atoms with Crippen molar-refractivity contribution in [3.05, 3.63) is 63.2 Å². The number of ketones is 1. The number of hydrogen-bond acceptors (Lipinski definition) is 3. The van der Waals surface area contributed by atoms with Crippen LogP contribution in [0.3, 0.4) is 0 Å². The van der Waals surface area contributed by atoms with Gasteiger partial charge in [-0.05, 0) is 36.2 Å². The van der Waals surface area contributed by atoms with Gasteiger partial charge in [-0.2, -0.15) is 0 Å². The third kappa shape index (κ3) is 2.80. The Balaban J connectivity index is 2.59. The van der Waals surface area contributed by atoms with Crippen molar-refractivity contribution in [2.75, 3.05) is 0 Å². The number of carbonyl (C=O) groups is 1. The highest BCUT2D eigenvalue weighted by Gasteiger charge is 2.14. The Hall–Kier alpha value is -2.20. The van der Waals surface area contributed by atoms with Crippen LogP contribution in [0.1, 0.15) is 17.3 Å². The molecule has 0 bridgehead atoms. The molecule has 0 aliphatic heterocycles. The molecule has 0 radical (unpaired) electrons. The molecule has 0 atom stereocenters. The molecule has 19 heavy (non-hydrogen) atoms. The van der Waals surface area contributed by atoms with Crippen LogP contribution in [0, 0.1) is 10.1 Å². The van der Waals surface area contributed by atoms with Crippen LogP contribution in [-0.4, -0.2) is 10.7 Å². The predicted molar refractivity (Wildman–Crippen MR) is 73.5 cm³/mol. The number of non-ortho nitro benzene ring substituents is 1. The van der Waals surface area contributed by atoms with E-state index in [2.05, 4.69) is 0 Å². The van der Waals surface area contributed by atoms with Crippen molar-refractivity contribution >= 4 is 23.1 Å². The maximum Gasteiger partial charge on any atom is 0.270 e. The lowest BCUT2D eigenvalue weighted by Crippen LogP contribution is -1.98. The van der Waals surface area contributed by atoms with E-state index in [0.717, 1.165) is 5.56 Å². The van der Waals surface area contributed by atoms with Gasteiger partial charge in [0.2, 0.25) is 0 Å². The molecule has 0 aliphatic rings. The maximum absolute atomic E-state index is 11.6. The van der Waals surface area contributed by atoms with E-state index in [1.54, 1.807) is 30.3 Å². The number of nitrogens with zero attached hydrogens (tertiary/aromatic N) is 1. The van der Waals surface area contributed by atoms with Crippen molar-refractivity contribution < 1.29 is 9.72 Å². The van der Waals surface area contributed by atoms with Crippen LogP contribution in [0.25, 0.3) is 11.1 Å². The number of nitro benzene ring substituents is 1. The molecule has 0 fully saturated rings. The minimum Gasteiger partial charge on any atom is -0.294 e. The Morgan fingerprint density at radius 2 is 1.79 bits per heavy atom. The van der Waals surface area contributed by atoms with Crippen molar-refractivity contribution in [2.45, 2.75) is 6.92 Å². The van der Waals surface area contributed by atoms with E-state index in [4.69, 9.17) is 11.6 Å². The van der Waals surface area contributed by atoms with E-state index in [1.165, 1.54) is 19.1 Å². The fourth-order valence-electron chi connectivity index (χ4n) is 1.82. The molecular formula is C14H10ClNO3. The van der Waals surface area contributed by atoms with Gasteiger partial charge in [0.05, 0.1) is 4.92 Å². The summed E-state index contributed by atoms with van der Waals surface area (Å²) in [6.07, 6.45) is 0. The second-order valence-corrected chi connectivity index (χ2v) is 4.49. The van der Waals surface area contributed by atoms with Gasteiger partial charge in [0.1, 0.15) is 0 Å². The summed E-state index contributed by atoms with van der Waals surface area (Å²) in [5.41, 5.74) is 1.69. The average Bonchev–Trinajstić information content (AvgIpc) is 2.38. The lowest BCUT2D eigenvalue weighted by atomic mass is 9.97. The van der Waals surface area contributed by atoms with Gasteiger partial charge < -0.3 is 0 Å². The van der Waals surface area contributed by atoms with Crippen LogP contribution in [0.5, 0.6) is 0 Å². The molecule has 0 spiro atoms. The molecule has 0 unspecified atom stereocenters. The monoisotopic (exact) mass is 275 g/mol. The zero-order valence-corrected chi connectivity index (χ0v) is 10.8. The van der Waals surface area contributed by atoms with Gasteiger partial charge >= 0.3 is 0 Å². The van der Waals surface area contributed by atoms with E-state index < -0.39 is 4.92 Å². The van der Waals surface area contributed by atoms with E-state index in [9.17, 15) is 14.9 Å². The van der Waals surface area contributed by atoms with Gasteiger partial charge in [-0.15, -0.1) is 0 Å². The van der Waals surface area contributed by atoms with Gasteiger partial charge in [0.15, 0.2) is 5.78 Å². The third-order valence-corrected chi connectivity index (χ3v) is 3.00. The molecule has 0 saturated heterocycles. The quantitative estimate of drug-likeness (QED) is 0.481. The molecular weight excluding hydrogens is 266 g/mol. The van der Waals surface area contributed by atoms with E-state index in [-0.39, 0.29) is 11.5 Å². The summed E-state index contributed by atoms with van der Waals surface area (Å²) in [6, 6.07) is 11.2. The number of benzene rings is 2. The topological polar surface area (TPSA) is 60.2 Å². The summed E-state index contributed by atoms with van der Waals surface area (Å²) in [4.78, 5) is 21.9. The summed E-state index contributed by atoms with van der Waals surface area (Å²) in [5, 5.41) is 11.3. The zero-order chi connectivity index (χ0) is 14.0. The highest BCUT2D eigenvalue weighted by atomic mass is 35.5. The number of carbonyl (C=O) groups excluding carboxylic acids is 1. The standard InChI is InChI=1S/C14H10ClNO3/c1-9(17)14-8-12(16(18)19)6-7-13(14)10-2-4-11(15)5-3-10/h2-8H,1H3. The molecule has 0 amide bonds. The number of Topliss-reactive ketones (excluding diaryl/α,β-unsaturated/α-hetero) is 1. The first-order valence-electron chi connectivity index (χ1n) is 5.54. The molecule has 0 saturated carbocycles. The van der Waals surface area contributed by atoms with Crippen molar-refractivity contribution in [1.82, 2.24) is 0 Å². The van der Waals surface area contributed by atoms with Gasteiger partial charge in [-0.25, -0.2) is 0 Å². The summed E-state index contributed by atoms with van der Waals surface area (Å²) in [5.74, 6) is -0.214. The largest absolute Gasteiger partial charge is 0.294 e. The number of hydrogen-bond donors (Lipinski definition) is 0. The second kappa shape index (κ2) is 5.20. The van der Waals surface area contributed by atoms with Crippen LogP contribution >= 0.6 is 11.6 Å². The second-order valence-electron chi connectivity index (χ2n) is 4.05. The summed E-state index contributed by atoms with van der Waals surface area (Å²) < 4.78 is 0. The van der Waals surface area contributed by atoms with Crippen LogP contribution in [0.15, 0.2) is 42.5 Å². The smallest absolute Gasteiger partial charge is 0.270 e. The van der Waals surface area contributed by atoms with E-state index >= 15 is 0 Å². The Kier molecular flexibility index (Phi) is 3.62. The molecule has 2 aromatic carbocycles. The molecule has 0 aromatic heterocycles. The first-order valence-corrected chi connectivity index (χ1v) is 5.92. The Morgan fingerprint density at radius 3 is 2.32 bits per heavy atom. The third-order valence-electron chi connectivity index (χ3n) is 2.75. The fourth-order valence-corrected chi connectivity index (χ4v) is 1.94. The van der Waals surface area contributed by atoms with Crippen LogP contribution in [0.4, 0.5) is 5.69 Å². The lowest BCUT2D eigenvalue weighted by molar-refractivity contribution is -0.384. The Bertz CT molecular complexity index is 650. The fraction of sp³-hybridized carbons (Fsp3) is 0.0714. The Morgan fingerprint density at radius 1 is 1.16 bits per heavy atom. The van der Waals surface area contributed by atoms with E-state index in [1.807, 2.05) is 0 Å². The minimum absolute atomic E-state index is 0.0945. The molecule has 5 heteroatoms. The molecule has 2 rings (SSSR count). The summed E-state index contributed by atoms with van der Waals surface area (Å²) >= 11 is 5.81. The van der Waals surface area contributed by atoms with Gasteiger partial charge in [0.25, 0.3) is 5.69 Å². The SMILES string of the molecule is CC(=O)c1cc([N+](=O)[O-])ccc1-c1ccc(Cl)cc1. The van der Waals surface area contributed by atoms with Crippen molar-refractivity contribution in [2.24, 2.45) is 0 Å². The van der Waals surface area contributed by atoms with Gasteiger partial charge in [0, 0.05) is 22.7 Å². The van der Waals surface area contributed by atoms with Gasteiger partial charge in [-0.1, -0.05) is 23.7 Å². The number of nitro groups is 1. The zero-order valence-electron chi connectivity index (χ0n) is 10.1. The van der Waals surface area contributed by atoms with Crippen LogP contribution in [-0.2, 0) is 0 Å². The van der Waals surface area contributed by atoms with Crippen LogP contribution in [0.2, 0.25) is 5.02 Å². The van der Waals surface area contributed by atoms with Crippen molar-refractivity contribution in [1.29, 1.82) is 0 Å². The van der Waals surface area contributed by atoms with Crippen molar-refractivity contribution in [3.8, 4) is 11.1 Å². The first kappa shape index (κ1) is 13.2. The highest BCUT2D eigenvalue weighted by Crippen LogP contribution is 2.28. The summed E-state index contributed by atoms with van der Waals surface area (Å²) in [7, 11) is 0. The molecule has 2 aromatic rings. The molecule has 4 nitrogen and oxygen atoms in total. The Labute approximate surface area is 114 Å². The first-order chi connectivity index (χ1) is 8.99. The van der Waals surface area contributed by atoms with Crippen molar-refractivity contribution in [3.63, 3.8) is 0 Å². The number of rotatable bonds is 3. The highest BCUT2D eigenvalue weighted by molar-refractivity contribution is 6.30. The van der Waals surface area contributed by atoms with E-state index in [0.29, 0.717) is 16.1 Å². The molecule has 0 aliphatic carbocycles. The molecule has 0 heterocycles. The van der Waals surface area contributed by atoms with Gasteiger partial charge in [-0.3, -0.25) is 14.9 Å². The normalized spacial score (nSPS) is 10.2. The predicted octanol–water partition coefficient (Wildman–Crippen LogP) is 4.12. The number of halogens is 1. The molecule has 0 N–H and O–H groups in total. The minimum atomic E-state index is -0.516. The van der Waals surface area contributed by atoms with Crippen LogP contribution < -0.4 is 0 Å². The molecule has 96 valence electrons. The average molecular weight is 276 g/mol.